The number of rotatable bonds is 7. The van der Waals surface area contributed by atoms with Gasteiger partial charge in [0.15, 0.2) is 0 Å². The molecule has 262 valence electrons. The van der Waals surface area contributed by atoms with Gasteiger partial charge in [0.25, 0.3) is 0 Å². The van der Waals surface area contributed by atoms with Crippen molar-refractivity contribution < 1.29 is 23.2 Å². The molecule has 2 aliphatic rings. The summed E-state index contributed by atoms with van der Waals surface area (Å²) in [6.07, 6.45) is 11.3. The molecule has 0 N–H and O–H groups in total. The van der Waals surface area contributed by atoms with E-state index in [2.05, 4.69) is 198 Å². The van der Waals surface area contributed by atoms with Crippen molar-refractivity contribution in [1.29, 1.82) is 0 Å². The number of hydrogen-bond acceptors (Lipinski definition) is 0. The van der Waals surface area contributed by atoms with Gasteiger partial charge in [-0.1, -0.05) is 92.0 Å². The van der Waals surface area contributed by atoms with Gasteiger partial charge in [-0.15, -0.1) is 0 Å². The molecule has 0 nitrogen and oxygen atoms in total. The molecule has 0 heterocycles. The van der Waals surface area contributed by atoms with Gasteiger partial charge in [0, 0.05) is 9.52 Å². The molecule has 2 atom stereocenters. The molecule has 0 fully saturated rings. The molecule has 0 bridgehead atoms. The van der Waals surface area contributed by atoms with Crippen LogP contribution in [-0.2, 0) is 23.2 Å². The Morgan fingerprint density at radius 2 is 0.943 bits per heavy atom. The van der Waals surface area contributed by atoms with E-state index in [4.69, 9.17) is 0 Å². The van der Waals surface area contributed by atoms with Gasteiger partial charge in [-0.3, -0.25) is 0 Å². The summed E-state index contributed by atoms with van der Waals surface area (Å²) in [5, 5.41) is 0. The van der Waals surface area contributed by atoms with Crippen molar-refractivity contribution in [2.24, 2.45) is 0 Å². The smallest absolute Gasteiger partial charge is 0.0135 e. The van der Waals surface area contributed by atoms with Gasteiger partial charge in [0.1, 0.15) is 0 Å². The summed E-state index contributed by atoms with van der Waals surface area (Å²) >= 11 is -0.835. The van der Waals surface area contributed by atoms with E-state index in [0.717, 1.165) is 0 Å². The zero-order valence-electron chi connectivity index (χ0n) is 31.8. The summed E-state index contributed by atoms with van der Waals surface area (Å²) in [4.78, 5) is 0. The van der Waals surface area contributed by atoms with E-state index >= 15 is 0 Å². The van der Waals surface area contributed by atoms with Gasteiger partial charge in [0.2, 0.25) is 0 Å². The van der Waals surface area contributed by atoms with Crippen LogP contribution >= 0.6 is 0 Å². The molecule has 8 rings (SSSR count). The molecular weight excluding hydrogens is 732 g/mol. The van der Waals surface area contributed by atoms with Crippen molar-refractivity contribution in [2.75, 3.05) is 0 Å². The largest absolute Gasteiger partial charge is 0.0750 e. The predicted molar refractivity (Wildman–Crippen MR) is 232 cm³/mol. The van der Waals surface area contributed by atoms with Gasteiger partial charge in [-0.05, 0) is 23.6 Å². The van der Waals surface area contributed by atoms with Crippen LogP contribution in [-0.4, -0.2) is 9.52 Å². The fourth-order valence-electron chi connectivity index (χ4n) is 7.12. The maximum atomic E-state index is 2.47. The quantitative estimate of drug-likeness (QED) is 0.112. The Morgan fingerprint density at radius 1 is 0.528 bits per heavy atom. The van der Waals surface area contributed by atoms with Crippen LogP contribution in [0.15, 0.2) is 181 Å². The monoisotopic (exact) mass is 780 g/mol. The van der Waals surface area contributed by atoms with E-state index < -0.39 is 23.2 Å². The first-order valence-corrected chi connectivity index (χ1v) is 24.6. The van der Waals surface area contributed by atoms with Crippen LogP contribution in [0, 0.1) is 0 Å². The third-order valence-electron chi connectivity index (χ3n) is 9.72. The molecule has 6 aromatic rings. The average Bonchev–Trinajstić information content (AvgIpc) is 3.71. The topological polar surface area (TPSA) is 0 Å². The van der Waals surface area contributed by atoms with Crippen molar-refractivity contribution >= 4 is 33.3 Å². The van der Waals surface area contributed by atoms with Gasteiger partial charge < -0.3 is 0 Å². The normalized spacial score (nSPS) is 15.6. The van der Waals surface area contributed by atoms with Gasteiger partial charge in [-0.25, -0.2) is 0 Å². The van der Waals surface area contributed by atoms with Crippen molar-refractivity contribution in [3.63, 3.8) is 0 Å². The number of hydrogen-bond donors (Lipinski definition) is 0. The fraction of sp³-hybridized carbons (Fsp3) is 0.137. The first-order chi connectivity index (χ1) is 26.0. The molecule has 0 aromatic heterocycles. The van der Waals surface area contributed by atoms with Crippen LogP contribution in [0.25, 0.3) is 46.1 Å². The van der Waals surface area contributed by atoms with Gasteiger partial charge in [0.05, 0.1) is 0 Å². The molecule has 2 heteroatoms. The van der Waals surface area contributed by atoms with Crippen molar-refractivity contribution in [1.82, 2.24) is 0 Å². The van der Waals surface area contributed by atoms with E-state index in [1.807, 2.05) is 24.3 Å². The second-order valence-corrected chi connectivity index (χ2v) is 18.9. The molecule has 2 aliphatic carbocycles. The van der Waals surface area contributed by atoms with Crippen LogP contribution in [0.4, 0.5) is 0 Å². The van der Waals surface area contributed by atoms with Crippen LogP contribution < -0.4 is 0 Å². The maximum Gasteiger partial charge on any atom is 0.0135 e. The SMILES string of the molecule is CC(=CC=Cc1ccccc1)c1ccccc1.CC1=Cc2c(-c3ccccc3)cccc2[CH]1[Zr][CH]1C(C)=Cc2c(-c3ccccc3)cccc21.C[SiH2]C. The molecule has 0 amide bonds. The molecule has 0 aliphatic heterocycles. The van der Waals surface area contributed by atoms with E-state index in [0.29, 0.717) is 16.8 Å². The summed E-state index contributed by atoms with van der Waals surface area (Å²) < 4.78 is 1.26. The summed E-state index contributed by atoms with van der Waals surface area (Å²) in [6, 6.07) is 56.3. The van der Waals surface area contributed by atoms with Crippen LogP contribution in [0.2, 0.25) is 13.1 Å². The Labute approximate surface area is 332 Å². The van der Waals surface area contributed by atoms with E-state index in [9.17, 15) is 0 Å². The third kappa shape index (κ3) is 9.49. The van der Waals surface area contributed by atoms with Gasteiger partial charge in [-0.2, -0.15) is 0 Å². The standard InChI is InChI=1S/C17H16.2C16H13.C2H8Si.Zr/c1-15(17-13-6-3-7-14-17)9-8-12-16-10-4-2-5-11-16;2*1-12-10-14-8-5-9-15(16(14)11-12)13-6-3-2-4-7-13;1-3-2;/h2-14H,1H3;2*2-11H,1H3;3H2,1-2H3;. The molecule has 0 radical (unpaired) electrons. The summed E-state index contributed by atoms with van der Waals surface area (Å²) in [5.74, 6) is 0. The zero-order valence-corrected chi connectivity index (χ0v) is 35.6. The maximum absolute atomic E-state index is 2.47. The first kappa shape index (κ1) is 38.1. The Kier molecular flexibility index (Phi) is 13.6. The van der Waals surface area contributed by atoms with E-state index in [-0.39, 0.29) is 0 Å². The minimum atomic E-state index is -0.835. The van der Waals surface area contributed by atoms with Crippen LogP contribution in [0.5, 0.6) is 0 Å². The molecular formula is C51H50SiZr. The Hall–Kier alpha value is -4.62. The predicted octanol–water partition coefficient (Wildman–Crippen LogP) is 13.8. The minimum absolute atomic E-state index is 0.417. The van der Waals surface area contributed by atoms with E-state index in [1.165, 1.54) is 50.1 Å². The number of allylic oxidation sites excluding steroid dienone is 5. The second kappa shape index (κ2) is 18.9. The Morgan fingerprint density at radius 3 is 1.40 bits per heavy atom. The first-order valence-electron chi connectivity index (χ1n) is 18.9. The van der Waals surface area contributed by atoms with Crippen LogP contribution in [0.3, 0.4) is 0 Å². The fourth-order valence-corrected chi connectivity index (χ4v) is 11.8. The number of fused-ring (bicyclic) bond motifs is 2. The summed E-state index contributed by atoms with van der Waals surface area (Å²) in [6.45, 7) is 11.4. The molecule has 53 heavy (non-hydrogen) atoms. The van der Waals surface area contributed by atoms with Crippen LogP contribution in [0.1, 0.15) is 61.4 Å². The zero-order chi connectivity index (χ0) is 37.0. The Bertz CT molecular complexity index is 2100. The molecule has 0 saturated carbocycles. The average molecular weight is 782 g/mol. The summed E-state index contributed by atoms with van der Waals surface area (Å²) in [5.41, 5.74) is 18.3. The van der Waals surface area contributed by atoms with Crippen molar-refractivity contribution in [3.8, 4) is 22.3 Å². The van der Waals surface area contributed by atoms with Crippen molar-refractivity contribution in [2.45, 2.75) is 41.1 Å². The Balaban J connectivity index is 0.000000202. The molecule has 0 spiro atoms. The van der Waals surface area contributed by atoms with E-state index in [1.54, 1.807) is 22.3 Å². The van der Waals surface area contributed by atoms with Crippen molar-refractivity contribution in [3.05, 3.63) is 214 Å². The summed E-state index contributed by atoms with van der Waals surface area (Å²) in [7, 11) is 0.417. The molecule has 0 saturated heterocycles. The second-order valence-electron chi connectivity index (χ2n) is 13.9. The minimum Gasteiger partial charge on any atom is -0.0750 e. The molecule has 2 unspecified atom stereocenters. The third-order valence-corrected chi connectivity index (χ3v) is 15.1. The molecule has 6 aromatic carbocycles. The number of benzene rings is 6. The van der Waals surface area contributed by atoms with Gasteiger partial charge >= 0.3 is 209 Å².